The third-order valence-electron chi connectivity index (χ3n) is 3.26. The van der Waals surface area contributed by atoms with Gasteiger partial charge in [0.05, 0.1) is 10.0 Å². The molecule has 3 nitrogen and oxygen atoms in total. The number of aliphatic hydroxyl groups excluding tert-OH is 1. The van der Waals surface area contributed by atoms with Crippen molar-refractivity contribution in [3.63, 3.8) is 0 Å². The van der Waals surface area contributed by atoms with Gasteiger partial charge in [-0.3, -0.25) is 0 Å². The summed E-state index contributed by atoms with van der Waals surface area (Å²) in [5, 5.41) is 19.8. The number of aliphatic hydroxyl groups is 1. The van der Waals surface area contributed by atoms with Gasteiger partial charge in [-0.1, -0.05) is 59.6 Å². The first-order chi connectivity index (χ1) is 10.5. The quantitative estimate of drug-likeness (QED) is 0.598. The molecule has 0 aliphatic carbocycles. The summed E-state index contributed by atoms with van der Waals surface area (Å²) in [6.45, 7) is 0. The molecule has 0 spiro atoms. The number of hydrogen-bond acceptors (Lipinski definition) is 2. The van der Waals surface area contributed by atoms with Gasteiger partial charge >= 0.3 is 5.97 Å². The average Bonchev–Trinajstić information content (AvgIpc) is 2.51. The van der Waals surface area contributed by atoms with Gasteiger partial charge in [0.25, 0.3) is 0 Å². The molecule has 0 saturated heterocycles. The second-order valence-electron chi connectivity index (χ2n) is 4.75. The number of carbonyl (C=O) groups is 1. The van der Waals surface area contributed by atoms with Crippen LogP contribution in [0.1, 0.15) is 17.5 Å². The number of benzene rings is 2. The summed E-state index contributed by atoms with van der Waals surface area (Å²) in [4.78, 5) is 11.1. The fourth-order valence-corrected chi connectivity index (χ4v) is 2.45. The van der Waals surface area contributed by atoms with Crippen molar-refractivity contribution < 1.29 is 15.0 Å². The van der Waals surface area contributed by atoms with E-state index in [2.05, 4.69) is 0 Å². The molecule has 0 fully saturated rings. The smallest absolute Gasteiger partial charge is 0.371 e. The molecule has 0 aromatic heterocycles. The van der Waals surface area contributed by atoms with Crippen LogP contribution < -0.4 is 0 Å². The number of halogens is 2. The zero-order chi connectivity index (χ0) is 16.1. The molecule has 2 rings (SSSR count). The van der Waals surface area contributed by atoms with E-state index >= 15 is 0 Å². The van der Waals surface area contributed by atoms with E-state index in [1.807, 2.05) is 12.1 Å². The molecule has 0 aliphatic rings. The molecule has 0 bridgehead atoms. The van der Waals surface area contributed by atoms with Crippen LogP contribution in [0.5, 0.6) is 0 Å². The minimum atomic E-state index is -1.34. The Morgan fingerprint density at radius 1 is 0.955 bits per heavy atom. The third kappa shape index (κ3) is 4.03. The van der Waals surface area contributed by atoms with Crippen LogP contribution in [-0.4, -0.2) is 16.2 Å². The summed E-state index contributed by atoms with van der Waals surface area (Å²) in [5.41, 5.74) is 1.99. The molecule has 0 atom stereocenters. The Bertz CT molecular complexity index is 709. The largest absolute Gasteiger partial charge is 0.502 e. The topological polar surface area (TPSA) is 57.5 Å². The molecule has 2 aromatic rings. The highest BCUT2D eigenvalue weighted by molar-refractivity contribution is 6.42. The number of rotatable bonds is 5. The lowest BCUT2D eigenvalue weighted by Gasteiger charge is -2.10. The normalized spacial score (nSPS) is 11.9. The summed E-state index contributed by atoms with van der Waals surface area (Å²) in [5.74, 6) is -1.97. The maximum absolute atomic E-state index is 11.1. The van der Waals surface area contributed by atoms with Gasteiger partial charge in [-0.2, -0.15) is 0 Å². The monoisotopic (exact) mass is 336 g/mol. The van der Waals surface area contributed by atoms with E-state index in [4.69, 9.17) is 28.3 Å². The van der Waals surface area contributed by atoms with E-state index < -0.39 is 11.7 Å². The number of carboxylic acids is 1. The molecule has 22 heavy (non-hydrogen) atoms. The van der Waals surface area contributed by atoms with Crippen molar-refractivity contribution in [1.82, 2.24) is 0 Å². The highest BCUT2D eigenvalue weighted by Crippen LogP contribution is 2.27. The Balaban J connectivity index is 2.26. The number of aliphatic carboxylic acids is 1. The van der Waals surface area contributed by atoms with Gasteiger partial charge in [0.2, 0.25) is 5.76 Å². The van der Waals surface area contributed by atoms with E-state index in [0.717, 1.165) is 5.56 Å². The van der Waals surface area contributed by atoms with Crippen LogP contribution in [0.4, 0.5) is 0 Å². The molecule has 0 radical (unpaired) electrons. The standard InChI is InChI=1S/C17H14Cl2O3/c18-14-9-7-11(10-15(14)19)6-8-13(16(20)17(21)22)12-4-2-1-3-5-12/h1-5,7,9-10,20H,6,8H2,(H,21,22)/b16-13-. The first-order valence-corrected chi connectivity index (χ1v) is 7.39. The minimum Gasteiger partial charge on any atom is -0.502 e. The Labute approximate surface area is 138 Å². The minimum absolute atomic E-state index is 0.375. The Hall–Kier alpha value is -1.97. The molecular formula is C17H14Cl2O3. The summed E-state index contributed by atoms with van der Waals surface area (Å²) < 4.78 is 0. The fourth-order valence-electron chi connectivity index (χ4n) is 2.13. The van der Waals surface area contributed by atoms with Crippen molar-refractivity contribution >= 4 is 34.7 Å². The number of carboxylic acid groups (broad SMARTS) is 1. The molecule has 0 heterocycles. The molecule has 2 N–H and O–H groups in total. The molecule has 114 valence electrons. The van der Waals surface area contributed by atoms with Gasteiger partial charge in [-0.15, -0.1) is 0 Å². The van der Waals surface area contributed by atoms with E-state index in [1.165, 1.54) is 0 Å². The highest BCUT2D eigenvalue weighted by Gasteiger charge is 2.15. The van der Waals surface area contributed by atoms with Crippen LogP contribution in [0.25, 0.3) is 5.57 Å². The molecule has 0 aliphatic heterocycles. The second-order valence-corrected chi connectivity index (χ2v) is 5.56. The molecular weight excluding hydrogens is 323 g/mol. The van der Waals surface area contributed by atoms with Gasteiger partial charge in [-0.05, 0) is 36.1 Å². The van der Waals surface area contributed by atoms with Gasteiger partial charge in [0.1, 0.15) is 0 Å². The Morgan fingerprint density at radius 2 is 1.64 bits per heavy atom. The van der Waals surface area contributed by atoms with Crippen LogP contribution in [0.2, 0.25) is 10.0 Å². The van der Waals surface area contributed by atoms with Gasteiger partial charge in [0, 0.05) is 5.57 Å². The summed E-state index contributed by atoms with van der Waals surface area (Å²) >= 11 is 11.8. The number of hydrogen-bond donors (Lipinski definition) is 2. The molecule has 0 unspecified atom stereocenters. The number of allylic oxidation sites excluding steroid dienone is 1. The van der Waals surface area contributed by atoms with Gasteiger partial charge in [0.15, 0.2) is 0 Å². The summed E-state index contributed by atoms with van der Waals surface area (Å²) in [6, 6.07) is 14.2. The Morgan fingerprint density at radius 3 is 2.23 bits per heavy atom. The maximum Gasteiger partial charge on any atom is 0.371 e. The van der Waals surface area contributed by atoms with Crippen LogP contribution in [0.15, 0.2) is 54.3 Å². The number of aryl methyl sites for hydroxylation is 1. The zero-order valence-corrected chi connectivity index (χ0v) is 13.1. The zero-order valence-electron chi connectivity index (χ0n) is 11.6. The van der Waals surface area contributed by atoms with Gasteiger partial charge < -0.3 is 10.2 Å². The van der Waals surface area contributed by atoms with E-state index in [9.17, 15) is 9.90 Å². The predicted molar refractivity (Wildman–Crippen MR) is 88.4 cm³/mol. The van der Waals surface area contributed by atoms with Crippen molar-refractivity contribution in [3.05, 3.63) is 75.5 Å². The van der Waals surface area contributed by atoms with Crippen LogP contribution in [0.3, 0.4) is 0 Å². The van der Waals surface area contributed by atoms with Crippen molar-refractivity contribution in [3.8, 4) is 0 Å². The van der Waals surface area contributed by atoms with Crippen molar-refractivity contribution in [2.75, 3.05) is 0 Å². The lowest BCUT2D eigenvalue weighted by molar-refractivity contribution is -0.135. The highest BCUT2D eigenvalue weighted by atomic mass is 35.5. The maximum atomic E-state index is 11.1. The first-order valence-electron chi connectivity index (χ1n) is 6.64. The van der Waals surface area contributed by atoms with E-state index in [-0.39, 0.29) is 0 Å². The lowest BCUT2D eigenvalue weighted by Crippen LogP contribution is -2.04. The fraction of sp³-hybridized carbons (Fsp3) is 0.118. The van der Waals surface area contributed by atoms with Crippen molar-refractivity contribution in [1.29, 1.82) is 0 Å². The second kappa shape index (κ2) is 7.34. The third-order valence-corrected chi connectivity index (χ3v) is 4.00. The molecule has 2 aromatic carbocycles. The van der Waals surface area contributed by atoms with Crippen LogP contribution in [-0.2, 0) is 11.2 Å². The predicted octanol–water partition coefficient (Wildman–Crippen LogP) is 4.98. The first kappa shape index (κ1) is 16.4. The van der Waals surface area contributed by atoms with Crippen molar-refractivity contribution in [2.24, 2.45) is 0 Å². The molecule has 0 amide bonds. The van der Waals surface area contributed by atoms with Crippen molar-refractivity contribution in [2.45, 2.75) is 12.8 Å². The summed E-state index contributed by atoms with van der Waals surface area (Å²) in [7, 11) is 0. The van der Waals surface area contributed by atoms with Crippen LogP contribution in [0, 0.1) is 0 Å². The molecule has 0 saturated carbocycles. The van der Waals surface area contributed by atoms with Crippen LogP contribution >= 0.6 is 23.2 Å². The SMILES string of the molecule is O=C(O)/C(O)=C(\CCc1ccc(Cl)c(Cl)c1)c1ccccc1. The summed E-state index contributed by atoms with van der Waals surface area (Å²) in [6.07, 6.45) is 0.915. The molecule has 5 heteroatoms. The van der Waals surface area contributed by atoms with E-state index in [0.29, 0.717) is 34.0 Å². The van der Waals surface area contributed by atoms with E-state index in [1.54, 1.807) is 36.4 Å². The Kier molecular flexibility index (Phi) is 5.47. The lowest BCUT2D eigenvalue weighted by atomic mass is 9.97. The van der Waals surface area contributed by atoms with Gasteiger partial charge in [-0.25, -0.2) is 4.79 Å². The average molecular weight is 337 g/mol.